The molecule has 0 aliphatic heterocycles. The molecule has 0 fully saturated rings. The molecule has 9 nitrogen and oxygen atoms in total. The first-order valence-corrected chi connectivity index (χ1v) is 8.62. The molecule has 0 aliphatic carbocycles. The molecule has 0 unspecified atom stereocenters. The van der Waals surface area contributed by atoms with E-state index in [0.717, 1.165) is 0 Å². The average Bonchev–Trinajstić information content (AvgIpc) is 2.54. The van der Waals surface area contributed by atoms with E-state index < -0.39 is 20.9 Å². The highest BCUT2D eigenvalue weighted by molar-refractivity contribution is 7.89. The molecule has 0 atom stereocenters. The number of primary sulfonamides is 1. The van der Waals surface area contributed by atoms with Gasteiger partial charge in [-0.05, 0) is 42.5 Å². The lowest BCUT2D eigenvalue weighted by Gasteiger charge is -2.10. The number of carbonyl (C=O) groups excluding carboxylic acids is 1. The van der Waals surface area contributed by atoms with Crippen molar-refractivity contribution < 1.29 is 18.1 Å². The van der Waals surface area contributed by atoms with E-state index in [1.165, 1.54) is 48.5 Å². The Morgan fingerprint density at radius 3 is 2.28 bits per heavy atom. The standard InChI is InChI=1S/C14H12N4O5S2/c15-25(22,23)10-7-5-9(6-8-10)16-14(24)17-13(19)11-3-1-2-4-12(11)18(20)21/h1-8H,(H2,15,22,23)(H2,16,17,19,24). The van der Waals surface area contributed by atoms with Crippen molar-refractivity contribution in [1.82, 2.24) is 5.32 Å². The van der Waals surface area contributed by atoms with Crippen LogP contribution in [0.3, 0.4) is 0 Å². The molecule has 0 saturated carbocycles. The zero-order chi connectivity index (χ0) is 18.6. The van der Waals surface area contributed by atoms with E-state index in [0.29, 0.717) is 5.69 Å². The Labute approximate surface area is 148 Å². The van der Waals surface area contributed by atoms with Gasteiger partial charge in [0.1, 0.15) is 5.56 Å². The number of para-hydroxylation sites is 1. The van der Waals surface area contributed by atoms with E-state index in [1.54, 1.807) is 0 Å². The fraction of sp³-hybridized carbons (Fsp3) is 0. The maximum absolute atomic E-state index is 12.1. The van der Waals surface area contributed by atoms with Gasteiger partial charge in [0.2, 0.25) is 10.0 Å². The molecule has 130 valence electrons. The number of nitro benzene ring substituents is 1. The largest absolute Gasteiger partial charge is 0.332 e. The lowest BCUT2D eigenvalue weighted by atomic mass is 10.1. The summed E-state index contributed by atoms with van der Waals surface area (Å²) in [6, 6.07) is 10.8. The first-order chi connectivity index (χ1) is 11.7. The molecular weight excluding hydrogens is 368 g/mol. The first kappa shape index (κ1) is 18.4. The molecule has 0 aliphatic rings. The Morgan fingerprint density at radius 1 is 1.12 bits per heavy atom. The van der Waals surface area contributed by atoms with Crippen LogP contribution in [-0.4, -0.2) is 24.4 Å². The second kappa shape index (κ2) is 7.34. The molecule has 2 aromatic rings. The van der Waals surface area contributed by atoms with Crippen molar-refractivity contribution in [2.24, 2.45) is 5.14 Å². The summed E-state index contributed by atoms with van der Waals surface area (Å²) in [5.41, 5.74) is -0.0817. The molecule has 0 saturated heterocycles. The van der Waals surface area contributed by atoms with Crippen molar-refractivity contribution in [2.75, 3.05) is 5.32 Å². The Bertz CT molecular complexity index is 942. The predicted octanol–water partition coefficient (Wildman–Crippen LogP) is 1.37. The topological polar surface area (TPSA) is 144 Å². The molecule has 0 bridgehead atoms. The van der Waals surface area contributed by atoms with Gasteiger partial charge < -0.3 is 5.32 Å². The molecule has 25 heavy (non-hydrogen) atoms. The molecular formula is C14H12N4O5S2. The summed E-state index contributed by atoms with van der Waals surface area (Å²) in [5, 5.41) is 20.8. The van der Waals surface area contributed by atoms with Crippen LogP contribution in [0, 0.1) is 10.1 Å². The maximum atomic E-state index is 12.1. The Hall–Kier alpha value is -2.89. The number of sulfonamides is 1. The molecule has 0 aromatic heterocycles. The first-order valence-electron chi connectivity index (χ1n) is 6.67. The quantitative estimate of drug-likeness (QED) is 0.413. The van der Waals surface area contributed by atoms with E-state index in [4.69, 9.17) is 17.4 Å². The van der Waals surface area contributed by atoms with Crippen LogP contribution in [0.25, 0.3) is 0 Å². The highest BCUT2D eigenvalue weighted by Crippen LogP contribution is 2.17. The highest BCUT2D eigenvalue weighted by atomic mass is 32.2. The zero-order valence-corrected chi connectivity index (χ0v) is 14.1. The SMILES string of the molecule is NS(=O)(=O)c1ccc(NC(=S)NC(=O)c2ccccc2[N+](=O)[O-])cc1. The zero-order valence-electron chi connectivity index (χ0n) is 12.5. The number of hydrogen-bond acceptors (Lipinski definition) is 6. The van der Waals surface area contributed by atoms with Crippen molar-refractivity contribution in [3.8, 4) is 0 Å². The molecule has 2 aromatic carbocycles. The summed E-state index contributed by atoms with van der Waals surface area (Å²) < 4.78 is 22.4. The number of nitrogens with two attached hydrogens (primary N) is 1. The molecule has 2 rings (SSSR count). The van der Waals surface area contributed by atoms with Crippen molar-refractivity contribution in [3.63, 3.8) is 0 Å². The fourth-order valence-electron chi connectivity index (χ4n) is 1.89. The van der Waals surface area contributed by atoms with Gasteiger partial charge in [0.25, 0.3) is 11.6 Å². The van der Waals surface area contributed by atoms with E-state index in [9.17, 15) is 23.3 Å². The number of nitro groups is 1. The lowest BCUT2D eigenvalue weighted by Crippen LogP contribution is -2.34. The monoisotopic (exact) mass is 380 g/mol. The molecule has 0 heterocycles. The molecule has 4 N–H and O–H groups in total. The Balaban J connectivity index is 2.08. The van der Waals surface area contributed by atoms with Gasteiger partial charge in [-0.3, -0.25) is 20.2 Å². The van der Waals surface area contributed by atoms with E-state index >= 15 is 0 Å². The summed E-state index contributed by atoms with van der Waals surface area (Å²) in [5.74, 6) is -0.744. The van der Waals surface area contributed by atoms with Gasteiger partial charge in [-0.15, -0.1) is 0 Å². The normalized spacial score (nSPS) is 10.8. The van der Waals surface area contributed by atoms with Gasteiger partial charge in [-0.1, -0.05) is 12.1 Å². The van der Waals surface area contributed by atoms with Gasteiger partial charge in [0, 0.05) is 11.8 Å². The third kappa shape index (κ3) is 4.79. The summed E-state index contributed by atoms with van der Waals surface area (Å²) in [6.45, 7) is 0. The van der Waals surface area contributed by atoms with Gasteiger partial charge in [-0.25, -0.2) is 13.6 Å². The van der Waals surface area contributed by atoms with Crippen molar-refractivity contribution in [1.29, 1.82) is 0 Å². The Kier molecular flexibility index (Phi) is 5.41. The lowest BCUT2D eigenvalue weighted by molar-refractivity contribution is -0.385. The minimum atomic E-state index is -3.81. The van der Waals surface area contributed by atoms with Crippen LogP contribution < -0.4 is 15.8 Å². The van der Waals surface area contributed by atoms with Gasteiger partial charge in [0.15, 0.2) is 5.11 Å². The predicted molar refractivity (Wildman–Crippen MR) is 94.6 cm³/mol. The van der Waals surface area contributed by atoms with Crippen LogP contribution in [0.1, 0.15) is 10.4 Å². The third-order valence-corrected chi connectivity index (χ3v) is 4.15. The van der Waals surface area contributed by atoms with Crippen LogP contribution in [0.5, 0.6) is 0 Å². The summed E-state index contributed by atoms with van der Waals surface area (Å²) in [7, 11) is -3.81. The molecule has 0 spiro atoms. The minimum absolute atomic E-state index is 0.0760. The van der Waals surface area contributed by atoms with Crippen LogP contribution in [0.15, 0.2) is 53.4 Å². The second-order valence-corrected chi connectivity index (χ2v) is 6.72. The van der Waals surface area contributed by atoms with Gasteiger partial charge >= 0.3 is 0 Å². The van der Waals surface area contributed by atoms with Crippen LogP contribution in [0.2, 0.25) is 0 Å². The van der Waals surface area contributed by atoms with Gasteiger partial charge in [-0.2, -0.15) is 0 Å². The number of nitrogens with zero attached hydrogens (tertiary/aromatic N) is 1. The minimum Gasteiger partial charge on any atom is -0.332 e. The summed E-state index contributed by atoms with van der Waals surface area (Å²) in [4.78, 5) is 22.3. The number of anilines is 1. The van der Waals surface area contributed by atoms with E-state index in [2.05, 4.69) is 10.6 Å². The van der Waals surface area contributed by atoms with E-state index in [-0.39, 0.29) is 21.3 Å². The summed E-state index contributed by atoms with van der Waals surface area (Å²) >= 11 is 4.97. The number of rotatable bonds is 4. The van der Waals surface area contributed by atoms with Crippen molar-refractivity contribution in [3.05, 3.63) is 64.2 Å². The summed E-state index contributed by atoms with van der Waals surface area (Å²) in [6.07, 6.45) is 0. The Morgan fingerprint density at radius 2 is 1.72 bits per heavy atom. The maximum Gasteiger partial charge on any atom is 0.282 e. The number of thiocarbonyl (C=S) groups is 1. The van der Waals surface area contributed by atoms with E-state index in [1.807, 2.05) is 0 Å². The van der Waals surface area contributed by atoms with Crippen LogP contribution in [-0.2, 0) is 10.0 Å². The number of carbonyl (C=O) groups is 1. The molecule has 0 radical (unpaired) electrons. The number of hydrogen-bond donors (Lipinski definition) is 3. The molecule has 11 heteroatoms. The average molecular weight is 380 g/mol. The molecule has 1 amide bonds. The third-order valence-electron chi connectivity index (χ3n) is 3.01. The van der Waals surface area contributed by atoms with Crippen LogP contribution in [0.4, 0.5) is 11.4 Å². The number of nitrogens with one attached hydrogen (secondary N) is 2. The van der Waals surface area contributed by atoms with Crippen molar-refractivity contribution >= 4 is 44.6 Å². The fourth-order valence-corrected chi connectivity index (χ4v) is 2.61. The van der Waals surface area contributed by atoms with Crippen LogP contribution >= 0.6 is 12.2 Å². The highest BCUT2D eigenvalue weighted by Gasteiger charge is 2.19. The smallest absolute Gasteiger partial charge is 0.282 e. The number of amides is 1. The van der Waals surface area contributed by atoms with Gasteiger partial charge in [0.05, 0.1) is 9.82 Å². The van der Waals surface area contributed by atoms with Crippen molar-refractivity contribution in [2.45, 2.75) is 4.90 Å². The number of benzene rings is 2. The second-order valence-electron chi connectivity index (χ2n) is 4.75.